The van der Waals surface area contributed by atoms with E-state index in [1.54, 1.807) is 48.5 Å². The number of carbonyl (C=O) groups is 2. The lowest BCUT2D eigenvalue weighted by Crippen LogP contribution is -2.28. The quantitative estimate of drug-likeness (QED) is 0.938. The van der Waals surface area contributed by atoms with Gasteiger partial charge >= 0.3 is 0 Å². The molecule has 6 heteroatoms. The summed E-state index contributed by atoms with van der Waals surface area (Å²) in [6.07, 6.45) is 1.81. The van der Waals surface area contributed by atoms with E-state index in [9.17, 15) is 9.59 Å². The van der Waals surface area contributed by atoms with Gasteiger partial charge in [0, 0.05) is 24.8 Å². The Hall–Kier alpha value is -2.89. The first-order valence-electron chi connectivity index (χ1n) is 7.33. The molecule has 1 saturated heterocycles. The molecule has 0 spiro atoms. The Labute approximate surface area is 134 Å². The summed E-state index contributed by atoms with van der Waals surface area (Å²) < 4.78 is 5.11. The molecule has 2 aromatic rings. The number of carbonyl (C=O) groups excluding carboxylic acids is 2. The summed E-state index contributed by atoms with van der Waals surface area (Å²) in [5.74, 6) is 0.591. The summed E-state index contributed by atoms with van der Waals surface area (Å²) in [6.45, 7) is 0.365. The van der Waals surface area contributed by atoms with Gasteiger partial charge in [-0.2, -0.15) is 0 Å². The lowest BCUT2D eigenvalue weighted by Gasteiger charge is -2.17. The average Bonchev–Trinajstić information content (AvgIpc) is 2.98. The number of ether oxygens (including phenoxy) is 1. The van der Waals surface area contributed by atoms with E-state index in [0.29, 0.717) is 12.4 Å². The molecule has 6 nitrogen and oxygen atoms in total. The normalized spacial score (nSPS) is 17.2. The minimum atomic E-state index is -0.383. The van der Waals surface area contributed by atoms with Gasteiger partial charge in [0.2, 0.25) is 11.8 Å². The molecule has 0 unspecified atom stereocenters. The van der Waals surface area contributed by atoms with Crippen molar-refractivity contribution in [2.75, 3.05) is 23.9 Å². The third-order valence-corrected chi connectivity index (χ3v) is 3.80. The van der Waals surface area contributed by atoms with Crippen LogP contribution in [0.15, 0.2) is 48.7 Å². The van der Waals surface area contributed by atoms with Gasteiger partial charge in [0.15, 0.2) is 0 Å². The van der Waals surface area contributed by atoms with Gasteiger partial charge in [-0.05, 0) is 36.4 Å². The fourth-order valence-corrected chi connectivity index (χ4v) is 2.56. The number of nitrogens with zero attached hydrogens (tertiary/aromatic N) is 2. The number of benzene rings is 1. The van der Waals surface area contributed by atoms with Gasteiger partial charge in [-0.25, -0.2) is 4.98 Å². The molecule has 0 bridgehead atoms. The lowest BCUT2D eigenvalue weighted by molar-refractivity contribution is -0.122. The van der Waals surface area contributed by atoms with Crippen molar-refractivity contribution >= 4 is 23.3 Å². The summed E-state index contributed by atoms with van der Waals surface area (Å²) in [7, 11) is 1.59. The van der Waals surface area contributed by atoms with Crippen molar-refractivity contribution < 1.29 is 14.3 Å². The second kappa shape index (κ2) is 6.48. The number of amides is 2. The Morgan fingerprint density at radius 1 is 1.26 bits per heavy atom. The fourth-order valence-electron chi connectivity index (χ4n) is 2.56. The molecule has 2 heterocycles. The van der Waals surface area contributed by atoms with E-state index in [4.69, 9.17) is 4.74 Å². The van der Waals surface area contributed by atoms with Crippen molar-refractivity contribution in [2.45, 2.75) is 6.42 Å². The molecule has 0 radical (unpaired) electrons. The Morgan fingerprint density at radius 3 is 2.70 bits per heavy atom. The number of pyridine rings is 1. The van der Waals surface area contributed by atoms with Crippen LogP contribution in [-0.4, -0.2) is 30.5 Å². The molecule has 1 atom stereocenters. The smallest absolute Gasteiger partial charge is 0.230 e. The van der Waals surface area contributed by atoms with E-state index in [1.807, 2.05) is 12.1 Å². The van der Waals surface area contributed by atoms with E-state index in [2.05, 4.69) is 10.3 Å². The van der Waals surface area contributed by atoms with Crippen LogP contribution in [0, 0.1) is 5.92 Å². The molecule has 0 aliphatic carbocycles. The van der Waals surface area contributed by atoms with Crippen LogP contribution in [0.5, 0.6) is 5.75 Å². The van der Waals surface area contributed by atoms with Gasteiger partial charge in [0.1, 0.15) is 11.6 Å². The van der Waals surface area contributed by atoms with E-state index in [0.717, 1.165) is 11.4 Å². The molecule has 1 aromatic carbocycles. The van der Waals surface area contributed by atoms with Crippen molar-refractivity contribution in [1.29, 1.82) is 0 Å². The number of methoxy groups -OCH3 is 1. The topological polar surface area (TPSA) is 71.5 Å². The maximum Gasteiger partial charge on any atom is 0.230 e. The molecular formula is C17H17N3O3. The molecule has 2 amide bonds. The van der Waals surface area contributed by atoms with Crippen molar-refractivity contribution in [3.63, 3.8) is 0 Å². The number of nitrogens with one attached hydrogen (secondary N) is 1. The van der Waals surface area contributed by atoms with Crippen LogP contribution in [0.3, 0.4) is 0 Å². The fraction of sp³-hybridized carbons (Fsp3) is 0.235. The SMILES string of the molecule is COc1ccc(N2C[C@@H](C(=O)Nc3ccccn3)CC2=O)cc1. The second-order valence-electron chi connectivity index (χ2n) is 5.31. The van der Waals surface area contributed by atoms with Crippen molar-refractivity contribution in [1.82, 2.24) is 4.98 Å². The minimum absolute atomic E-state index is 0.0589. The van der Waals surface area contributed by atoms with Crippen LogP contribution in [-0.2, 0) is 9.59 Å². The lowest BCUT2D eigenvalue weighted by atomic mass is 10.1. The van der Waals surface area contributed by atoms with Gasteiger partial charge < -0.3 is 15.0 Å². The van der Waals surface area contributed by atoms with Gasteiger partial charge in [-0.15, -0.1) is 0 Å². The van der Waals surface area contributed by atoms with Crippen LogP contribution < -0.4 is 15.0 Å². The summed E-state index contributed by atoms with van der Waals surface area (Å²) >= 11 is 0. The number of aromatic nitrogens is 1. The van der Waals surface area contributed by atoms with Crippen LogP contribution in [0.1, 0.15) is 6.42 Å². The highest BCUT2D eigenvalue weighted by molar-refractivity contribution is 6.03. The van der Waals surface area contributed by atoms with E-state index in [-0.39, 0.29) is 24.2 Å². The van der Waals surface area contributed by atoms with Crippen molar-refractivity contribution in [3.8, 4) is 5.75 Å². The number of hydrogen-bond donors (Lipinski definition) is 1. The largest absolute Gasteiger partial charge is 0.497 e. The molecule has 1 fully saturated rings. The second-order valence-corrected chi connectivity index (χ2v) is 5.31. The summed E-state index contributed by atoms with van der Waals surface area (Å²) in [4.78, 5) is 30.2. The molecule has 1 aliphatic heterocycles. The third-order valence-electron chi connectivity index (χ3n) is 3.80. The minimum Gasteiger partial charge on any atom is -0.497 e. The highest BCUT2D eigenvalue weighted by Crippen LogP contribution is 2.27. The maximum atomic E-state index is 12.3. The van der Waals surface area contributed by atoms with Gasteiger partial charge in [0.25, 0.3) is 0 Å². The molecule has 1 aromatic heterocycles. The monoisotopic (exact) mass is 311 g/mol. The van der Waals surface area contributed by atoms with E-state index >= 15 is 0 Å². The standard InChI is InChI=1S/C17H17N3O3/c1-23-14-7-5-13(6-8-14)20-11-12(10-16(20)21)17(22)19-15-4-2-3-9-18-15/h2-9,12H,10-11H2,1H3,(H,18,19,22)/t12-/m0/s1. The van der Waals surface area contributed by atoms with Crippen LogP contribution in [0.25, 0.3) is 0 Å². The molecule has 1 aliphatic rings. The van der Waals surface area contributed by atoms with Crippen LogP contribution in [0.4, 0.5) is 11.5 Å². The Kier molecular flexibility index (Phi) is 4.23. The molecular weight excluding hydrogens is 294 g/mol. The Balaban J connectivity index is 1.67. The number of hydrogen-bond acceptors (Lipinski definition) is 4. The first-order chi connectivity index (χ1) is 11.2. The Morgan fingerprint density at radius 2 is 2.04 bits per heavy atom. The van der Waals surface area contributed by atoms with Crippen molar-refractivity contribution in [2.24, 2.45) is 5.92 Å². The summed E-state index contributed by atoms with van der Waals surface area (Å²) in [5, 5.41) is 2.75. The predicted octanol–water partition coefficient (Wildman–Crippen LogP) is 2.08. The van der Waals surface area contributed by atoms with Gasteiger partial charge in [-0.1, -0.05) is 6.07 Å². The van der Waals surface area contributed by atoms with Gasteiger partial charge in [0.05, 0.1) is 13.0 Å². The molecule has 0 saturated carbocycles. The first-order valence-corrected chi connectivity index (χ1v) is 7.33. The number of rotatable bonds is 4. The Bertz CT molecular complexity index is 701. The summed E-state index contributed by atoms with van der Waals surface area (Å²) in [5.41, 5.74) is 0.768. The van der Waals surface area contributed by atoms with Crippen molar-refractivity contribution in [3.05, 3.63) is 48.7 Å². The zero-order valence-corrected chi connectivity index (χ0v) is 12.7. The maximum absolute atomic E-state index is 12.3. The third kappa shape index (κ3) is 3.31. The average molecular weight is 311 g/mol. The van der Waals surface area contributed by atoms with Gasteiger partial charge in [-0.3, -0.25) is 9.59 Å². The molecule has 23 heavy (non-hydrogen) atoms. The first kappa shape index (κ1) is 15.0. The number of anilines is 2. The van der Waals surface area contributed by atoms with Crippen LogP contribution in [0.2, 0.25) is 0 Å². The molecule has 1 N–H and O–H groups in total. The molecule has 3 rings (SSSR count). The zero-order valence-electron chi connectivity index (χ0n) is 12.7. The predicted molar refractivity (Wildman–Crippen MR) is 86.3 cm³/mol. The highest BCUT2D eigenvalue weighted by Gasteiger charge is 2.35. The van der Waals surface area contributed by atoms with E-state index < -0.39 is 0 Å². The summed E-state index contributed by atoms with van der Waals surface area (Å²) in [6, 6.07) is 12.5. The van der Waals surface area contributed by atoms with E-state index in [1.165, 1.54) is 0 Å². The zero-order chi connectivity index (χ0) is 16.2. The van der Waals surface area contributed by atoms with Crippen LogP contribution >= 0.6 is 0 Å². The molecule has 118 valence electrons. The highest BCUT2D eigenvalue weighted by atomic mass is 16.5.